The maximum atomic E-state index is 12.5. The summed E-state index contributed by atoms with van der Waals surface area (Å²) in [5.41, 5.74) is 0.446. The summed E-state index contributed by atoms with van der Waals surface area (Å²) in [5.74, 6) is -0.228. The summed E-state index contributed by atoms with van der Waals surface area (Å²) in [6.45, 7) is 2.50. The summed E-state index contributed by atoms with van der Waals surface area (Å²) >= 11 is 0. The van der Waals surface area contributed by atoms with E-state index in [-0.39, 0.29) is 17.9 Å². The van der Waals surface area contributed by atoms with E-state index in [2.05, 4.69) is 9.97 Å². The number of hydrogen-bond acceptors (Lipinski definition) is 4. The number of likely N-dealkylation sites (tertiary alicyclic amines) is 1. The Bertz CT molecular complexity index is 876. The van der Waals surface area contributed by atoms with Crippen LogP contribution in [0.25, 0.3) is 10.9 Å². The minimum absolute atomic E-state index is 0.146. The van der Waals surface area contributed by atoms with Gasteiger partial charge in [0, 0.05) is 19.4 Å². The average Bonchev–Trinajstić information content (AvgIpc) is 2.61. The molecule has 0 aliphatic carbocycles. The van der Waals surface area contributed by atoms with E-state index >= 15 is 0 Å². The first-order chi connectivity index (χ1) is 12.5. The Labute approximate surface area is 151 Å². The van der Waals surface area contributed by atoms with E-state index in [0.717, 1.165) is 6.42 Å². The molecule has 2 atom stereocenters. The van der Waals surface area contributed by atoms with Crippen molar-refractivity contribution in [3.63, 3.8) is 0 Å². The first-order valence-corrected chi connectivity index (χ1v) is 8.96. The molecule has 1 aliphatic rings. The van der Waals surface area contributed by atoms with Crippen molar-refractivity contribution in [2.45, 2.75) is 45.1 Å². The Kier molecular flexibility index (Phi) is 5.35. The molecule has 2 heterocycles. The fourth-order valence-corrected chi connectivity index (χ4v) is 3.48. The van der Waals surface area contributed by atoms with E-state index < -0.39 is 12.0 Å². The Morgan fingerprint density at radius 1 is 1.35 bits per heavy atom. The molecule has 1 aliphatic heterocycles. The van der Waals surface area contributed by atoms with Crippen molar-refractivity contribution >= 4 is 22.8 Å². The highest BCUT2D eigenvalue weighted by molar-refractivity contribution is 5.84. The highest BCUT2D eigenvalue weighted by Gasteiger charge is 2.34. The molecule has 1 aromatic heterocycles. The number of aromatic amines is 1. The van der Waals surface area contributed by atoms with Crippen molar-refractivity contribution in [1.29, 1.82) is 0 Å². The maximum absolute atomic E-state index is 12.5. The number of H-pyrrole nitrogens is 1. The lowest BCUT2D eigenvalue weighted by atomic mass is 9.92. The van der Waals surface area contributed by atoms with Gasteiger partial charge in [0.05, 0.1) is 10.9 Å². The normalized spacial score (nSPS) is 20.3. The van der Waals surface area contributed by atoms with Gasteiger partial charge in [-0.3, -0.25) is 9.59 Å². The van der Waals surface area contributed by atoms with Gasteiger partial charge in [-0.15, -0.1) is 0 Å². The third kappa shape index (κ3) is 3.92. The van der Waals surface area contributed by atoms with Crippen molar-refractivity contribution in [2.24, 2.45) is 5.92 Å². The summed E-state index contributed by atoms with van der Waals surface area (Å²) in [6.07, 6.45) is 2.55. The van der Waals surface area contributed by atoms with Crippen LogP contribution in [0.1, 0.15) is 38.4 Å². The number of piperidine rings is 1. The predicted molar refractivity (Wildman–Crippen MR) is 96.8 cm³/mol. The van der Waals surface area contributed by atoms with Crippen LogP contribution < -0.4 is 5.56 Å². The molecule has 7 nitrogen and oxygen atoms in total. The molecule has 0 spiro atoms. The van der Waals surface area contributed by atoms with E-state index in [4.69, 9.17) is 0 Å². The van der Waals surface area contributed by atoms with E-state index in [1.807, 2.05) is 13.0 Å². The third-order valence-electron chi connectivity index (χ3n) is 4.94. The number of hydrogen-bond donors (Lipinski definition) is 2. The van der Waals surface area contributed by atoms with Gasteiger partial charge in [-0.05, 0) is 37.3 Å². The number of carboxylic acids is 1. The van der Waals surface area contributed by atoms with Gasteiger partial charge in [-0.25, -0.2) is 9.78 Å². The zero-order chi connectivity index (χ0) is 18.7. The number of nitrogens with zero attached hydrogens (tertiary/aromatic N) is 2. The summed E-state index contributed by atoms with van der Waals surface area (Å²) in [4.78, 5) is 44.6. The second-order valence-corrected chi connectivity index (χ2v) is 6.95. The predicted octanol–water partition coefficient (Wildman–Crippen LogP) is 1.96. The standard InChI is InChI=1S/C19H23N3O4/c1-12-9-10-22(15(11-12)19(25)26)17(23)8-4-7-16-20-14-6-3-2-5-13(14)18(24)21-16/h2-3,5-6,12,15H,4,7-11H2,1H3,(H,25,26)(H,20,21,24). The number of para-hydroxylation sites is 1. The monoisotopic (exact) mass is 357 g/mol. The van der Waals surface area contributed by atoms with Gasteiger partial charge < -0.3 is 15.0 Å². The molecule has 1 amide bonds. The number of nitrogens with one attached hydrogen (secondary N) is 1. The number of aliphatic carboxylic acids is 1. The Morgan fingerprint density at radius 2 is 2.12 bits per heavy atom. The van der Waals surface area contributed by atoms with Crippen LogP contribution in [0.15, 0.2) is 29.1 Å². The summed E-state index contributed by atoms with van der Waals surface area (Å²) in [6, 6.07) is 6.38. The lowest BCUT2D eigenvalue weighted by Crippen LogP contribution is -2.49. The molecule has 26 heavy (non-hydrogen) atoms. The molecule has 0 radical (unpaired) electrons. The van der Waals surface area contributed by atoms with Crippen LogP contribution in [0.3, 0.4) is 0 Å². The van der Waals surface area contributed by atoms with E-state index in [9.17, 15) is 19.5 Å². The largest absolute Gasteiger partial charge is 0.480 e. The summed E-state index contributed by atoms with van der Waals surface area (Å²) in [7, 11) is 0. The van der Waals surface area contributed by atoms with Crippen molar-refractivity contribution in [3.8, 4) is 0 Å². The van der Waals surface area contributed by atoms with Crippen LogP contribution in [-0.4, -0.2) is 44.4 Å². The second kappa shape index (κ2) is 7.68. The minimum Gasteiger partial charge on any atom is -0.480 e. The molecule has 1 saturated heterocycles. The molecular weight excluding hydrogens is 334 g/mol. The van der Waals surface area contributed by atoms with Gasteiger partial charge in [0.25, 0.3) is 5.56 Å². The number of amides is 1. The third-order valence-corrected chi connectivity index (χ3v) is 4.94. The molecule has 2 aromatic rings. The number of carbonyl (C=O) groups excluding carboxylic acids is 1. The van der Waals surface area contributed by atoms with Crippen molar-refractivity contribution < 1.29 is 14.7 Å². The number of fused-ring (bicyclic) bond motifs is 1. The molecule has 1 fully saturated rings. The van der Waals surface area contributed by atoms with Gasteiger partial charge in [0.1, 0.15) is 11.9 Å². The number of carbonyl (C=O) groups is 2. The van der Waals surface area contributed by atoms with E-state index in [1.54, 1.807) is 18.2 Å². The Morgan fingerprint density at radius 3 is 2.88 bits per heavy atom. The van der Waals surface area contributed by atoms with Gasteiger partial charge in [-0.1, -0.05) is 19.1 Å². The minimum atomic E-state index is -0.939. The van der Waals surface area contributed by atoms with Gasteiger partial charge in [0.2, 0.25) is 5.91 Å². The second-order valence-electron chi connectivity index (χ2n) is 6.95. The highest BCUT2D eigenvalue weighted by atomic mass is 16.4. The van der Waals surface area contributed by atoms with Gasteiger partial charge in [0.15, 0.2) is 0 Å². The molecule has 3 rings (SSSR count). The van der Waals surface area contributed by atoms with Crippen molar-refractivity contribution in [2.75, 3.05) is 6.54 Å². The summed E-state index contributed by atoms with van der Waals surface area (Å²) in [5, 5.41) is 9.91. The average molecular weight is 357 g/mol. The van der Waals surface area contributed by atoms with Crippen LogP contribution in [-0.2, 0) is 16.0 Å². The zero-order valence-corrected chi connectivity index (χ0v) is 14.8. The number of aryl methyl sites for hydroxylation is 1. The lowest BCUT2D eigenvalue weighted by Gasteiger charge is -2.36. The summed E-state index contributed by atoms with van der Waals surface area (Å²) < 4.78 is 0. The molecule has 138 valence electrons. The first kappa shape index (κ1) is 18.1. The number of benzene rings is 1. The molecule has 7 heteroatoms. The van der Waals surface area contributed by atoms with Gasteiger partial charge in [-0.2, -0.15) is 0 Å². The Balaban J connectivity index is 1.61. The van der Waals surface area contributed by atoms with E-state index in [0.29, 0.717) is 48.5 Å². The lowest BCUT2D eigenvalue weighted by molar-refractivity contribution is -0.153. The van der Waals surface area contributed by atoms with Crippen LogP contribution in [0.2, 0.25) is 0 Å². The van der Waals surface area contributed by atoms with E-state index in [1.165, 1.54) is 4.90 Å². The van der Waals surface area contributed by atoms with Crippen molar-refractivity contribution in [3.05, 3.63) is 40.4 Å². The highest BCUT2D eigenvalue weighted by Crippen LogP contribution is 2.23. The van der Waals surface area contributed by atoms with Gasteiger partial charge >= 0.3 is 5.97 Å². The quantitative estimate of drug-likeness (QED) is 0.851. The zero-order valence-electron chi connectivity index (χ0n) is 14.8. The van der Waals surface area contributed by atoms with Crippen LogP contribution in [0.4, 0.5) is 0 Å². The molecule has 1 aromatic carbocycles. The smallest absolute Gasteiger partial charge is 0.326 e. The fourth-order valence-electron chi connectivity index (χ4n) is 3.48. The Hall–Kier alpha value is -2.70. The molecular formula is C19H23N3O4. The fraction of sp³-hybridized carbons (Fsp3) is 0.474. The van der Waals surface area contributed by atoms with Crippen LogP contribution in [0.5, 0.6) is 0 Å². The molecule has 0 bridgehead atoms. The number of aromatic nitrogens is 2. The maximum Gasteiger partial charge on any atom is 0.326 e. The topological polar surface area (TPSA) is 103 Å². The van der Waals surface area contributed by atoms with Crippen LogP contribution >= 0.6 is 0 Å². The number of carboxylic acid groups (broad SMARTS) is 1. The first-order valence-electron chi connectivity index (χ1n) is 8.96. The molecule has 2 unspecified atom stereocenters. The molecule has 2 N–H and O–H groups in total. The number of rotatable bonds is 5. The molecule has 0 saturated carbocycles. The SMILES string of the molecule is CC1CCN(C(=O)CCCc2nc3ccccc3c(=O)[nH]2)C(C(=O)O)C1. The van der Waals surface area contributed by atoms with Crippen molar-refractivity contribution in [1.82, 2.24) is 14.9 Å². The van der Waals surface area contributed by atoms with Crippen LogP contribution in [0, 0.1) is 5.92 Å².